The van der Waals surface area contributed by atoms with Crippen molar-refractivity contribution in [3.05, 3.63) is 28.2 Å². The lowest BCUT2D eigenvalue weighted by Crippen LogP contribution is -2.17. The van der Waals surface area contributed by atoms with Crippen molar-refractivity contribution in [2.24, 2.45) is 5.92 Å². The molecule has 1 aliphatic carbocycles. The van der Waals surface area contributed by atoms with Gasteiger partial charge in [-0.15, -0.1) is 0 Å². The number of methoxy groups -OCH3 is 1. The molecule has 0 saturated heterocycles. The molecule has 0 spiro atoms. The monoisotopic (exact) mass is 296 g/mol. The van der Waals surface area contributed by atoms with Gasteiger partial charge in [0.15, 0.2) is 0 Å². The lowest BCUT2D eigenvalue weighted by atomic mass is 9.81. The van der Waals surface area contributed by atoms with Crippen molar-refractivity contribution in [1.29, 1.82) is 0 Å². The first-order valence-corrected chi connectivity index (χ1v) is 6.82. The Bertz CT molecular complexity index is 411. The first-order valence-electron chi connectivity index (χ1n) is 6.03. The molecule has 0 N–H and O–H groups in total. The first kappa shape index (κ1) is 12.6. The number of hydrogen-bond acceptors (Lipinski definition) is 2. The van der Waals surface area contributed by atoms with Gasteiger partial charge >= 0.3 is 0 Å². The Kier molecular flexibility index (Phi) is 4.21. The van der Waals surface area contributed by atoms with Crippen LogP contribution >= 0.6 is 15.9 Å². The van der Waals surface area contributed by atoms with Gasteiger partial charge in [0.1, 0.15) is 11.5 Å². The molecule has 1 aliphatic rings. The molecule has 1 aromatic carbocycles. The summed E-state index contributed by atoms with van der Waals surface area (Å²) in [5.41, 5.74) is 1.02. The minimum absolute atomic E-state index is 0.337. The van der Waals surface area contributed by atoms with Crippen LogP contribution in [0, 0.1) is 5.92 Å². The van der Waals surface area contributed by atoms with E-state index in [-0.39, 0.29) is 0 Å². The van der Waals surface area contributed by atoms with E-state index in [1.807, 2.05) is 18.2 Å². The Morgan fingerprint density at radius 3 is 2.82 bits per heavy atom. The minimum atomic E-state index is 0.337. The van der Waals surface area contributed by atoms with Crippen LogP contribution in [0.4, 0.5) is 0 Å². The van der Waals surface area contributed by atoms with Crippen molar-refractivity contribution < 1.29 is 9.53 Å². The summed E-state index contributed by atoms with van der Waals surface area (Å²) < 4.78 is 6.16. The molecule has 0 radical (unpaired) electrons. The molecule has 2 rings (SSSR count). The number of carbonyl (C=O) groups excluding carboxylic acids is 1. The van der Waals surface area contributed by atoms with E-state index in [0.29, 0.717) is 18.1 Å². The molecule has 0 bridgehead atoms. The minimum Gasteiger partial charge on any atom is -0.497 e. The number of carbonyl (C=O) groups is 1. The van der Waals surface area contributed by atoms with Gasteiger partial charge in [-0.2, -0.15) is 0 Å². The van der Waals surface area contributed by atoms with E-state index in [2.05, 4.69) is 15.9 Å². The van der Waals surface area contributed by atoms with Crippen molar-refractivity contribution in [1.82, 2.24) is 0 Å². The fourth-order valence-electron chi connectivity index (χ4n) is 2.12. The first-order chi connectivity index (χ1) is 8.19. The second kappa shape index (κ2) is 5.67. The summed E-state index contributed by atoms with van der Waals surface area (Å²) in [6, 6.07) is 5.76. The van der Waals surface area contributed by atoms with Crippen molar-refractivity contribution in [2.45, 2.75) is 32.1 Å². The summed E-state index contributed by atoms with van der Waals surface area (Å²) in [4.78, 5) is 11.9. The summed E-state index contributed by atoms with van der Waals surface area (Å²) in [5, 5.41) is 0. The second-order valence-corrected chi connectivity index (χ2v) is 5.53. The predicted octanol–water partition coefficient (Wildman–Crippen LogP) is 3.76. The van der Waals surface area contributed by atoms with Gasteiger partial charge in [-0.1, -0.05) is 35.2 Å². The maximum absolute atomic E-state index is 11.9. The Labute approximate surface area is 110 Å². The summed E-state index contributed by atoms with van der Waals surface area (Å²) >= 11 is 3.48. The number of ketones is 1. The van der Waals surface area contributed by atoms with Crippen LogP contribution in [0.3, 0.4) is 0 Å². The third-order valence-electron chi connectivity index (χ3n) is 3.38. The van der Waals surface area contributed by atoms with Crippen LogP contribution < -0.4 is 4.74 Å². The predicted molar refractivity (Wildman–Crippen MR) is 71.4 cm³/mol. The number of benzene rings is 1. The van der Waals surface area contributed by atoms with E-state index < -0.39 is 0 Å². The lowest BCUT2D eigenvalue weighted by molar-refractivity contribution is -0.119. The molecule has 0 aliphatic heterocycles. The van der Waals surface area contributed by atoms with Crippen molar-refractivity contribution in [3.63, 3.8) is 0 Å². The largest absolute Gasteiger partial charge is 0.497 e. The van der Waals surface area contributed by atoms with E-state index in [0.717, 1.165) is 22.2 Å². The highest BCUT2D eigenvalue weighted by Crippen LogP contribution is 2.30. The second-order valence-electron chi connectivity index (χ2n) is 4.67. The van der Waals surface area contributed by atoms with Gasteiger partial charge in [0.25, 0.3) is 0 Å². The van der Waals surface area contributed by atoms with Crippen LogP contribution in [-0.4, -0.2) is 12.9 Å². The summed E-state index contributed by atoms with van der Waals surface area (Å²) in [7, 11) is 1.64. The molecular formula is C14H17BrO2. The Morgan fingerprint density at radius 2 is 2.24 bits per heavy atom. The third kappa shape index (κ3) is 3.32. The van der Waals surface area contributed by atoms with Gasteiger partial charge in [-0.05, 0) is 29.7 Å². The fraction of sp³-hybridized carbons (Fsp3) is 0.500. The molecular weight excluding hydrogens is 280 g/mol. The molecule has 3 heteroatoms. The van der Waals surface area contributed by atoms with Crippen molar-refractivity contribution in [2.75, 3.05) is 7.11 Å². The molecule has 1 fully saturated rings. The van der Waals surface area contributed by atoms with Gasteiger partial charge in [0, 0.05) is 17.3 Å². The van der Waals surface area contributed by atoms with Crippen LogP contribution in [0.15, 0.2) is 22.7 Å². The summed E-state index contributed by atoms with van der Waals surface area (Å²) in [6.45, 7) is 0. The SMILES string of the molecule is COc1ccc(Br)c(CC(=O)CC2CCC2)c1. The molecule has 92 valence electrons. The standard InChI is InChI=1S/C14H17BrO2/c1-17-13-5-6-14(15)11(9-13)8-12(16)7-10-3-2-4-10/h5-6,9-10H,2-4,7-8H2,1H3. The summed E-state index contributed by atoms with van der Waals surface area (Å²) in [5.74, 6) is 1.79. The van der Waals surface area contributed by atoms with Crippen LogP contribution in [0.25, 0.3) is 0 Å². The molecule has 0 unspecified atom stereocenters. The van der Waals surface area contributed by atoms with E-state index in [1.54, 1.807) is 7.11 Å². The number of rotatable bonds is 5. The smallest absolute Gasteiger partial charge is 0.137 e. The highest BCUT2D eigenvalue weighted by atomic mass is 79.9. The maximum Gasteiger partial charge on any atom is 0.137 e. The molecule has 1 aromatic rings. The van der Waals surface area contributed by atoms with Crippen LogP contribution in [0.5, 0.6) is 5.75 Å². The van der Waals surface area contributed by atoms with E-state index in [9.17, 15) is 4.79 Å². The summed E-state index contributed by atoms with van der Waals surface area (Å²) in [6.07, 6.45) is 4.99. The topological polar surface area (TPSA) is 26.3 Å². The Morgan fingerprint density at radius 1 is 1.47 bits per heavy atom. The molecule has 17 heavy (non-hydrogen) atoms. The van der Waals surface area contributed by atoms with E-state index >= 15 is 0 Å². The number of Topliss-reactive ketones (excluding diaryl/α,β-unsaturated/α-hetero) is 1. The zero-order valence-electron chi connectivity index (χ0n) is 10.0. The molecule has 2 nitrogen and oxygen atoms in total. The third-order valence-corrected chi connectivity index (χ3v) is 4.16. The maximum atomic E-state index is 11.9. The zero-order valence-corrected chi connectivity index (χ0v) is 11.6. The van der Waals surface area contributed by atoms with Crippen LogP contribution in [-0.2, 0) is 11.2 Å². The average molecular weight is 297 g/mol. The molecule has 0 amide bonds. The number of hydrogen-bond donors (Lipinski definition) is 0. The zero-order chi connectivity index (χ0) is 12.3. The molecule has 0 aromatic heterocycles. The normalized spacial score (nSPS) is 15.4. The van der Waals surface area contributed by atoms with Gasteiger partial charge in [0.2, 0.25) is 0 Å². The average Bonchev–Trinajstić information content (AvgIpc) is 2.27. The quantitative estimate of drug-likeness (QED) is 0.827. The van der Waals surface area contributed by atoms with Crippen LogP contribution in [0.1, 0.15) is 31.2 Å². The highest BCUT2D eigenvalue weighted by molar-refractivity contribution is 9.10. The Balaban J connectivity index is 1.98. The molecule has 0 heterocycles. The van der Waals surface area contributed by atoms with Crippen LogP contribution in [0.2, 0.25) is 0 Å². The van der Waals surface area contributed by atoms with Crippen molar-refractivity contribution >= 4 is 21.7 Å². The van der Waals surface area contributed by atoms with Crippen molar-refractivity contribution in [3.8, 4) is 5.75 Å². The van der Waals surface area contributed by atoms with E-state index in [4.69, 9.17) is 4.74 Å². The number of halogens is 1. The van der Waals surface area contributed by atoms with Gasteiger partial charge in [-0.25, -0.2) is 0 Å². The van der Waals surface area contributed by atoms with Gasteiger partial charge in [-0.3, -0.25) is 4.79 Å². The van der Waals surface area contributed by atoms with Gasteiger partial charge in [0.05, 0.1) is 7.11 Å². The lowest BCUT2D eigenvalue weighted by Gasteiger charge is -2.24. The van der Waals surface area contributed by atoms with Gasteiger partial charge < -0.3 is 4.74 Å². The molecule has 1 saturated carbocycles. The Hall–Kier alpha value is -0.830. The number of ether oxygens (including phenoxy) is 1. The molecule has 0 atom stereocenters. The van der Waals surface area contributed by atoms with E-state index in [1.165, 1.54) is 19.3 Å². The highest BCUT2D eigenvalue weighted by Gasteiger charge is 2.21. The fourth-order valence-corrected chi connectivity index (χ4v) is 2.50.